The number of carbonyl (C=O) groups is 1. The van der Waals surface area contributed by atoms with Gasteiger partial charge in [0.25, 0.3) is 0 Å². The third-order valence-electron chi connectivity index (χ3n) is 7.53. The number of allylic oxidation sites excluding steroid dienone is 1. The van der Waals surface area contributed by atoms with Gasteiger partial charge in [0.15, 0.2) is 0 Å². The van der Waals surface area contributed by atoms with E-state index >= 15 is 0 Å². The number of benzene rings is 2. The maximum atomic E-state index is 11.0. The second-order valence-corrected chi connectivity index (χ2v) is 13.8. The number of aromatic nitrogens is 1. The summed E-state index contributed by atoms with van der Waals surface area (Å²) in [6.45, 7) is 13.9. The fourth-order valence-corrected chi connectivity index (χ4v) is 6.29. The molecule has 4 N–H and O–H groups in total. The predicted molar refractivity (Wildman–Crippen MR) is 206 cm³/mol. The second kappa shape index (κ2) is 23.2. The first kappa shape index (κ1) is 43.7. The molecule has 49 heavy (non-hydrogen) atoms. The molecule has 1 aliphatic heterocycles. The summed E-state index contributed by atoms with van der Waals surface area (Å²) in [5, 5.41) is 14.1. The highest BCUT2D eigenvalue weighted by molar-refractivity contribution is 7.88. The van der Waals surface area contributed by atoms with Crippen molar-refractivity contribution in [1.29, 1.82) is 0 Å². The number of para-hydroxylation sites is 1. The van der Waals surface area contributed by atoms with Crippen LogP contribution in [0.5, 0.6) is 0 Å². The Balaban J connectivity index is 0.000000669. The van der Waals surface area contributed by atoms with Gasteiger partial charge in [0.1, 0.15) is 0 Å². The van der Waals surface area contributed by atoms with E-state index < -0.39 is 10.0 Å². The molecule has 1 saturated heterocycles. The van der Waals surface area contributed by atoms with E-state index in [9.17, 15) is 18.3 Å². The maximum Gasteiger partial charge on any atom is 0.211 e. The van der Waals surface area contributed by atoms with Crippen LogP contribution in [0.15, 0.2) is 82.6 Å². The molecule has 270 valence electrons. The van der Waals surface area contributed by atoms with Gasteiger partial charge in [-0.05, 0) is 80.9 Å². The number of nitrogens with one attached hydrogen (secondary N) is 1. The number of aliphatic imine (C=N–C) groups is 2. The van der Waals surface area contributed by atoms with Crippen molar-refractivity contribution < 1.29 is 18.3 Å². The summed E-state index contributed by atoms with van der Waals surface area (Å²) in [6.07, 6.45) is 7.55. The van der Waals surface area contributed by atoms with E-state index in [1.165, 1.54) is 13.3 Å². The predicted octanol–water partition coefficient (Wildman–Crippen LogP) is 6.67. The molecule has 2 heterocycles. The smallest absolute Gasteiger partial charge is 0.211 e. The lowest BCUT2D eigenvalue weighted by molar-refractivity contribution is -0.109. The molecular formula is C36H52Cl2N6O4S. The third-order valence-corrected chi connectivity index (χ3v) is 9.39. The summed E-state index contributed by atoms with van der Waals surface area (Å²) in [7, 11) is -1.42. The van der Waals surface area contributed by atoms with E-state index in [0.717, 1.165) is 35.2 Å². The van der Waals surface area contributed by atoms with E-state index in [4.69, 9.17) is 28.2 Å². The lowest BCUT2D eigenvalue weighted by Gasteiger charge is -2.27. The number of rotatable bonds is 12. The van der Waals surface area contributed by atoms with Crippen molar-refractivity contribution in [2.45, 2.75) is 53.0 Å². The normalized spacial score (nSPS) is 14.6. The lowest BCUT2D eigenvalue weighted by Crippen LogP contribution is -2.37. The number of halogens is 2. The average molecular weight is 736 g/mol. The molecule has 0 aliphatic carbocycles. The SMILES string of the molecule is C=N/C=C(/C)C(=Nc1ccccc1Cl)c1cc(C(CO)c2cccc(Cl)c2)n(CCNC=O)c1.CC.CC1CCN(S(C)(=O)=O)CC1.CN. The average Bonchev–Trinajstić information content (AvgIpc) is 3.50. The lowest BCUT2D eigenvalue weighted by atomic mass is 9.95. The van der Waals surface area contributed by atoms with Crippen molar-refractivity contribution in [2.24, 2.45) is 21.6 Å². The van der Waals surface area contributed by atoms with Crippen LogP contribution >= 0.6 is 23.2 Å². The third kappa shape index (κ3) is 14.2. The summed E-state index contributed by atoms with van der Waals surface area (Å²) in [4.78, 5) is 19.5. The number of aliphatic hydroxyl groups excluding tert-OH is 1. The van der Waals surface area contributed by atoms with Gasteiger partial charge in [-0.15, -0.1) is 0 Å². The molecule has 0 spiro atoms. The Morgan fingerprint density at radius 3 is 2.33 bits per heavy atom. The van der Waals surface area contributed by atoms with Crippen LogP contribution in [0, 0.1) is 5.92 Å². The molecule has 3 aromatic rings. The zero-order chi connectivity index (χ0) is 37.0. The molecule has 4 rings (SSSR count). The molecule has 1 aliphatic rings. The van der Waals surface area contributed by atoms with Crippen molar-refractivity contribution in [2.75, 3.05) is 39.5 Å². The van der Waals surface area contributed by atoms with Crippen molar-refractivity contribution in [1.82, 2.24) is 14.2 Å². The van der Waals surface area contributed by atoms with Crippen molar-refractivity contribution in [3.8, 4) is 0 Å². The minimum absolute atomic E-state index is 0.120. The van der Waals surface area contributed by atoms with Crippen LogP contribution in [0.25, 0.3) is 0 Å². The van der Waals surface area contributed by atoms with Crippen LogP contribution in [0.2, 0.25) is 10.0 Å². The van der Waals surface area contributed by atoms with Gasteiger partial charge in [-0.2, -0.15) is 0 Å². The van der Waals surface area contributed by atoms with E-state index in [1.807, 2.05) is 74.0 Å². The molecule has 1 fully saturated rings. The molecule has 0 saturated carbocycles. The fraction of sp³-hybridized carbons (Fsp3) is 0.417. The van der Waals surface area contributed by atoms with E-state index in [1.54, 1.807) is 22.6 Å². The summed E-state index contributed by atoms with van der Waals surface area (Å²) >= 11 is 12.6. The maximum absolute atomic E-state index is 11.0. The van der Waals surface area contributed by atoms with Gasteiger partial charge in [0.2, 0.25) is 16.4 Å². The molecule has 1 amide bonds. The Kier molecular flexibility index (Phi) is 20.6. The summed E-state index contributed by atoms with van der Waals surface area (Å²) < 4.78 is 25.6. The molecule has 10 nitrogen and oxygen atoms in total. The van der Waals surface area contributed by atoms with Gasteiger partial charge in [-0.1, -0.05) is 68.2 Å². The van der Waals surface area contributed by atoms with E-state index in [2.05, 4.69) is 29.7 Å². The van der Waals surface area contributed by atoms with E-state index in [-0.39, 0.29) is 12.5 Å². The standard InChI is InChI=1S/C26H26Cl2N4O2.C7H15NO2S.C2H6.CH5N/c1-18(14-29-2)26(31-24-9-4-3-8-23(24)28)20-13-25(32(15-20)11-10-30-17-34)22(16-33)19-6-5-7-21(27)12-19;1-7-3-5-8(6-4-7)11(2,9)10;2*1-2/h3-9,12-15,17,22,33H,2,10-11,16H2,1H3,(H,30,34);7H,3-6H2,1-2H3;1-2H3;2H2,1H3/b18-14-,31-26?;;;. The topological polar surface area (TPSA) is 142 Å². The highest BCUT2D eigenvalue weighted by atomic mass is 35.5. The van der Waals surface area contributed by atoms with Gasteiger partial charge in [-0.3, -0.25) is 9.79 Å². The number of hydrogen-bond donors (Lipinski definition) is 3. The number of hydrogen-bond acceptors (Lipinski definition) is 7. The van der Waals surface area contributed by atoms with Crippen molar-refractivity contribution in [3.05, 3.63) is 99.4 Å². The molecule has 0 radical (unpaired) electrons. The molecule has 1 unspecified atom stereocenters. The number of aliphatic hydroxyl groups is 1. The first-order valence-electron chi connectivity index (χ1n) is 16.2. The van der Waals surface area contributed by atoms with Crippen LogP contribution in [-0.4, -0.2) is 80.8 Å². The first-order valence-corrected chi connectivity index (χ1v) is 18.8. The van der Waals surface area contributed by atoms with Crippen LogP contribution in [0.1, 0.15) is 63.3 Å². The second-order valence-electron chi connectivity index (χ2n) is 11.0. The zero-order valence-corrected chi connectivity index (χ0v) is 31.8. The number of sulfonamides is 1. The Morgan fingerprint density at radius 1 is 1.12 bits per heavy atom. The highest BCUT2D eigenvalue weighted by Crippen LogP contribution is 2.31. The quantitative estimate of drug-likeness (QED) is 0.108. The van der Waals surface area contributed by atoms with Gasteiger partial charge in [0, 0.05) is 60.8 Å². The Labute approximate surface area is 302 Å². The van der Waals surface area contributed by atoms with Gasteiger partial charge >= 0.3 is 0 Å². The van der Waals surface area contributed by atoms with Gasteiger partial charge < -0.3 is 20.7 Å². The monoisotopic (exact) mass is 734 g/mol. The molecule has 1 atom stereocenters. The Hall–Kier alpha value is -3.32. The molecule has 0 bridgehead atoms. The summed E-state index contributed by atoms with van der Waals surface area (Å²) in [5.41, 5.74) is 9.16. The highest BCUT2D eigenvalue weighted by Gasteiger charge is 2.23. The summed E-state index contributed by atoms with van der Waals surface area (Å²) in [5.74, 6) is 0.361. The molecule has 1 aromatic heterocycles. The van der Waals surface area contributed by atoms with Crippen LogP contribution < -0.4 is 11.1 Å². The minimum Gasteiger partial charge on any atom is -0.395 e. The Bertz CT molecular complexity index is 1620. The minimum atomic E-state index is -2.92. The van der Waals surface area contributed by atoms with Gasteiger partial charge in [0.05, 0.1) is 29.3 Å². The van der Waals surface area contributed by atoms with Crippen LogP contribution in [0.4, 0.5) is 5.69 Å². The first-order chi connectivity index (χ1) is 23.5. The number of carbonyl (C=O) groups excluding carboxylic acids is 1. The molecule has 13 heteroatoms. The van der Waals surface area contributed by atoms with Crippen LogP contribution in [0.3, 0.4) is 0 Å². The number of nitrogens with zero attached hydrogens (tertiary/aromatic N) is 4. The molecular weight excluding hydrogens is 683 g/mol. The number of amides is 1. The number of piperidine rings is 1. The molecule has 2 aromatic carbocycles. The summed E-state index contributed by atoms with van der Waals surface area (Å²) in [6, 6.07) is 16.7. The number of nitrogens with two attached hydrogens (primary N) is 1. The largest absolute Gasteiger partial charge is 0.395 e. The van der Waals surface area contributed by atoms with Crippen molar-refractivity contribution in [3.63, 3.8) is 0 Å². The fourth-order valence-electron chi connectivity index (χ4n) is 5.04. The van der Waals surface area contributed by atoms with Gasteiger partial charge in [-0.25, -0.2) is 17.7 Å². The van der Waals surface area contributed by atoms with Crippen LogP contribution in [-0.2, 0) is 21.4 Å². The van der Waals surface area contributed by atoms with E-state index in [0.29, 0.717) is 60.0 Å². The Morgan fingerprint density at radius 2 is 1.78 bits per heavy atom. The zero-order valence-electron chi connectivity index (χ0n) is 29.4. The van der Waals surface area contributed by atoms with Crippen molar-refractivity contribution >= 4 is 57.8 Å².